The molecule has 0 atom stereocenters. The van der Waals surface area contributed by atoms with Gasteiger partial charge in [-0.3, -0.25) is 0 Å². The molecular formula is C65H49NO. The van der Waals surface area contributed by atoms with Gasteiger partial charge in [0.15, 0.2) is 0 Å². The molecule has 67 heavy (non-hydrogen) atoms. The minimum absolute atomic E-state index is 0.0877. The first-order chi connectivity index (χ1) is 32.8. The van der Waals surface area contributed by atoms with E-state index in [2.05, 4.69) is 245 Å². The van der Waals surface area contributed by atoms with Crippen molar-refractivity contribution in [2.75, 3.05) is 4.90 Å². The van der Waals surface area contributed by atoms with Crippen LogP contribution in [0, 0.1) is 13.8 Å². The van der Waals surface area contributed by atoms with Crippen molar-refractivity contribution in [1.82, 2.24) is 0 Å². The molecule has 10 aromatic carbocycles. The first-order valence-corrected chi connectivity index (χ1v) is 23.3. The van der Waals surface area contributed by atoms with Crippen LogP contribution in [-0.2, 0) is 5.41 Å². The normalized spacial score (nSPS) is 12.6. The fourth-order valence-electron chi connectivity index (χ4n) is 10.6. The van der Waals surface area contributed by atoms with Crippen molar-refractivity contribution in [2.45, 2.75) is 33.1 Å². The molecule has 0 saturated heterocycles. The number of para-hydroxylation sites is 2. The molecule has 0 unspecified atom stereocenters. The van der Waals surface area contributed by atoms with Crippen LogP contribution in [0.4, 0.5) is 17.1 Å². The van der Waals surface area contributed by atoms with Crippen molar-refractivity contribution in [3.63, 3.8) is 0 Å². The highest BCUT2D eigenvalue weighted by molar-refractivity contribution is 6.06. The lowest BCUT2D eigenvalue weighted by molar-refractivity contribution is 0.660. The first kappa shape index (κ1) is 40.3. The Hall–Kier alpha value is -8.20. The van der Waals surface area contributed by atoms with E-state index in [0.717, 1.165) is 50.1 Å². The monoisotopic (exact) mass is 859 g/mol. The van der Waals surface area contributed by atoms with Gasteiger partial charge in [-0.1, -0.05) is 159 Å². The number of hydrogen-bond donors (Lipinski definition) is 0. The molecule has 0 spiro atoms. The van der Waals surface area contributed by atoms with Crippen molar-refractivity contribution in [3.05, 3.63) is 247 Å². The van der Waals surface area contributed by atoms with Crippen molar-refractivity contribution in [1.29, 1.82) is 0 Å². The van der Waals surface area contributed by atoms with Gasteiger partial charge in [-0.2, -0.15) is 0 Å². The van der Waals surface area contributed by atoms with Gasteiger partial charge >= 0.3 is 0 Å². The maximum absolute atomic E-state index is 6.13. The van der Waals surface area contributed by atoms with Gasteiger partial charge in [-0.15, -0.1) is 0 Å². The second-order valence-electron chi connectivity index (χ2n) is 18.6. The summed E-state index contributed by atoms with van der Waals surface area (Å²) >= 11 is 0. The number of fused-ring (bicyclic) bond motifs is 6. The largest absolute Gasteiger partial charge is 0.456 e. The van der Waals surface area contributed by atoms with E-state index in [1.165, 1.54) is 77.9 Å². The van der Waals surface area contributed by atoms with Crippen LogP contribution in [0.3, 0.4) is 0 Å². The molecule has 1 aliphatic rings. The molecule has 0 amide bonds. The Balaban J connectivity index is 0.928. The molecule has 0 radical (unpaired) electrons. The van der Waals surface area contributed by atoms with Crippen LogP contribution in [0.25, 0.3) is 88.7 Å². The smallest absolute Gasteiger partial charge is 0.135 e. The van der Waals surface area contributed by atoms with E-state index >= 15 is 0 Å². The summed E-state index contributed by atoms with van der Waals surface area (Å²) in [6.45, 7) is 9.16. The molecule has 0 aliphatic heterocycles. The van der Waals surface area contributed by atoms with Crippen LogP contribution in [0.15, 0.2) is 229 Å². The fraction of sp³-hybridized carbons (Fsp3) is 0.0769. The quantitative estimate of drug-likeness (QED) is 0.151. The van der Waals surface area contributed by atoms with Gasteiger partial charge in [0.1, 0.15) is 11.2 Å². The Morgan fingerprint density at radius 3 is 1.49 bits per heavy atom. The van der Waals surface area contributed by atoms with Gasteiger partial charge in [0.05, 0.1) is 0 Å². The Labute approximate surface area is 393 Å². The molecule has 1 heterocycles. The summed E-state index contributed by atoms with van der Waals surface area (Å²) in [5, 5.41) is 2.27. The molecule has 1 aromatic heterocycles. The lowest BCUT2D eigenvalue weighted by Crippen LogP contribution is -2.14. The van der Waals surface area contributed by atoms with Crippen molar-refractivity contribution in [3.8, 4) is 66.8 Å². The average Bonchev–Trinajstić information content (AvgIpc) is 3.86. The number of aryl methyl sites for hydroxylation is 2. The van der Waals surface area contributed by atoms with E-state index in [1.54, 1.807) is 0 Å². The van der Waals surface area contributed by atoms with Gasteiger partial charge < -0.3 is 9.32 Å². The molecular weight excluding hydrogens is 811 g/mol. The number of rotatable bonds is 8. The lowest BCUT2D eigenvalue weighted by atomic mass is 9.81. The fourth-order valence-corrected chi connectivity index (χ4v) is 10.6. The maximum atomic E-state index is 6.13. The Bertz CT molecular complexity index is 3670. The van der Waals surface area contributed by atoms with Crippen LogP contribution in [-0.4, -0.2) is 0 Å². The third-order valence-electron chi connectivity index (χ3n) is 14.2. The predicted molar refractivity (Wildman–Crippen MR) is 283 cm³/mol. The minimum Gasteiger partial charge on any atom is -0.456 e. The molecule has 1 aliphatic carbocycles. The third kappa shape index (κ3) is 7.05. The molecule has 0 bridgehead atoms. The summed E-state index contributed by atoms with van der Waals surface area (Å²) in [6, 6.07) is 82.1. The highest BCUT2D eigenvalue weighted by Gasteiger charge is 2.35. The van der Waals surface area contributed by atoms with E-state index in [0.29, 0.717) is 0 Å². The molecule has 320 valence electrons. The summed E-state index contributed by atoms with van der Waals surface area (Å²) in [4.78, 5) is 2.34. The molecule has 2 heteroatoms. The zero-order valence-electron chi connectivity index (χ0n) is 38.2. The minimum atomic E-state index is -0.0877. The van der Waals surface area contributed by atoms with Crippen molar-refractivity contribution in [2.24, 2.45) is 0 Å². The SMILES string of the molecule is Cc1ccccc1-c1ccc(-c2cc(-c3ccc(N(c4ccccc4)c4ccc(-c5ccc6oc7ccccc7c6c5)cc4)cc3)cc(-c3ccc4c(c3)C(C)(C)c3ccccc3-4)c2)cc1C. The van der Waals surface area contributed by atoms with Crippen LogP contribution < -0.4 is 4.90 Å². The van der Waals surface area contributed by atoms with Crippen LogP contribution in [0.1, 0.15) is 36.1 Å². The molecule has 0 N–H and O–H groups in total. The van der Waals surface area contributed by atoms with Crippen LogP contribution in [0.5, 0.6) is 0 Å². The highest BCUT2D eigenvalue weighted by Crippen LogP contribution is 2.50. The average molecular weight is 860 g/mol. The van der Waals surface area contributed by atoms with Gasteiger partial charge in [0, 0.05) is 33.2 Å². The molecule has 11 aromatic rings. The van der Waals surface area contributed by atoms with Crippen molar-refractivity contribution >= 4 is 39.0 Å². The highest BCUT2D eigenvalue weighted by atomic mass is 16.3. The maximum Gasteiger partial charge on any atom is 0.135 e. The summed E-state index contributed by atoms with van der Waals surface area (Å²) in [5.41, 5.74) is 25.1. The van der Waals surface area contributed by atoms with Gasteiger partial charge in [0.2, 0.25) is 0 Å². The number of hydrogen-bond acceptors (Lipinski definition) is 2. The first-order valence-electron chi connectivity index (χ1n) is 23.3. The summed E-state index contributed by atoms with van der Waals surface area (Å²) < 4.78 is 6.13. The van der Waals surface area contributed by atoms with E-state index in [9.17, 15) is 0 Å². The summed E-state index contributed by atoms with van der Waals surface area (Å²) in [6.07, 6.45) is 0. The van der Waals surface area contributed by atoms with E-state index in [4.69, 9.17) is 4.42 Å². The van der Waals surface area contributed by atoms with E-state index < -0.39 is 0 Å². The van der Waals surface area contributed by atoms with E-state index in [-0.39, 0.29) is 5.41 Å². The Morgan fingerprint density at radius 1 is 0.313 bits per heavy atom. The Kier molecular flexibility index (Phi) is 9.66. The predicted octanol–water partition coefficient (Wildman–Crippen LogP) is 18.3. The summed E-state index contributed by atoms with van der Waals surface area (Å²) in [5.74, 6) is 0. The van der Waals surface area contributed by atoms with Crippen molar-refractivity contribution < 1.29 is 4.42 Å². The number of anilines is 3. The molecule has 0 saturated carbocycles. The zero-order valence-corrected chi connectivity index (χ0v) is 38.2. The van der Waals surface area contributed by atoms with Gasteiger partial charge in [-0.25, -0.2) is 0 Å². The summed E-state index contributed by atoms with van der Waals surface area (Å²) in [7, 11) is 0. The molecule has 0 fully saturated rings. The second-order valence-corrected chi connectivity index (χ2v) is 18.6. The second kappa shape index (κ2) is 16.0. The standard InChI is InChI=1S/C65H49NO/c1-42-14-8-9-17-55(42)56-33-26-46(36-43(56)2)50-37-49(38-51(39-50)48-27-34-58-57-18-10-12-20-61(57)65(3,4)62(58)41-48)45-24-31-54(32-25-45)66(52-15-6-5-7-16-52)53-29-22-44(23-30-53)47-28-35-64-60(40-47)59-19-11-13-21-63(59)67-64/h5-41H,1-4H3. The number of furan rings is 1. The van der Waals surface area contributed by atoms with Crippen LogP contribution in [0.2, 0.25) is 0 Å². The molecule has 12 rings (SSSR count). The molecule has 2 nitrogen and oxygen atoms in total. The number of benzene rings is 10. The van der Waals surface area contributed by atoms with Gasteiger partial charge in [-0.05, 0) is 182 Å². The lowest BCUT2D eigenvalue weighted by Gasteiger charge is -2.26. The topological polar surface area (TPSA) is 16.4 Å². The van der Waals surface area contributed by atoms with E-state index in [1.807, 2.05) is 12.1 Å². The van der Waals surface area contributed by atoms with Crippen LogP contribution >= 0.6 is 0 Å². The Morgan fingerprint density at radius 2 is 0.791 bits per heavy atom. The van der Waals surface area contributed by atoms with Gasteiger partial charge in [0.25, 0.3) is 0 Å². The zero-order chi connectivity index (χ0) is 45.2. The number of nitrogens with zero attached hydrogens (tertiary/aromatic N) is 1. The third-order valence-corrected chi connectivity index (χ3v) is 14.2.